The number of benzene rings is 2. The maximum atomic E-state index is 6.19. The minimum Gasteiger partial charge on any atom is -0.490 e. The van der Waals surface area contributed by atoms with Crippen LogP contribution in [0.3, 0.4) is 0 Å². The predicted molar refractivity (Wildman–Crippen MR) is 105 cm³/mol. The Morgan fingerprint density at radius 3 is 2.69 bits per heavy atom. The van der Waals surface area contributed by atoms with Crippen LogP contribution in [0, 0.1) is 0 Å². The molecule has 6 heteroatoms. The molecule has 0 unspecified atom stereocenters. The van der Waals surface area contributed by atoms with Gasteiger partial charge < -0.3 is 20.1 Å². The summed E-state index contributed by atoms with van der Waals surface area (Å²) in [7, 11) is 1.76. The van der Waals surface area contributed by atoms with Gasteiger partial charge in [0.2, 0.25) is 0 Å². The van der Waals surface area contributed by atoms with Crippen LogP contribution in [-0.4, -0.2) is 32.8 Å². The zero-order chi connectivity index (χ0) is 18.2. The maximum Gasteiger partial charge on any atom is 0.191 e. The standard InChI is InChI=1S/C20H24ClN3O2/c1-22-20(23-10-9-16-5-2-3-6-17(16)21)24-14-15-7-8-18-19(13-15)26-12-4-11-25-18/h2-3,5-8,13H,4,9-12,14H2,1H3,(H2,22,23,24). The van der Waals surface area contributed by atoms with E-state index in [0.29, 0.717) is 19.8 Å². The third-order valence-electron chi connectivity index (χ3n) is 4.14. The van der Waals surface area contributed by atoms with Gasteiger partial charge in [-0.1, -0.05) is 35.9 Å². The fourth-order valence-electron chi connectivity index (χ4n) is 2.74. The van der Waals surface area contributed by atoms with Crippen molar-refractivity contribution in [2.24, 2.45) is 4.99 Å². The number of halogens is 1. The number of nitrogens with one attached hydrogen (secondary N) is 2. The normalized spacial score (nSPS) is 13.8. The van der Waals surface area contributed by atoms with Crippen LogP contribution >= 0.6 is 11.6 Å². The van der Waals surface area contributed by atoms with Crippen LogP contribution in [0.15, 0.2) is 47.5 Å². The van der Waals surface area contributed by atoms with Gasteiger partial charge in [-0.2, -0.15) is 0 Å². The molecular weight excluding hydrogens is 350 g/mol. The van der Waals surface area contributed by atoms with Crippen molar-refractivity contribution in [2.75, 3.05) is 26.8 Å². The Labute approximate surface area is 159 Å². The molecule has 0 amide bonds. The fraction of sp³-hybridized carbons (Fsp3) is 0.350. The Bertz CT molecular complexity index is 764. The Kier molecular flexibility index (Phi) is 6.61. The average Bonchev–Trinajstić information content (AvgIpc) is 2.91. The van der Waals surface area contributed by atoms with E-state index in [1.807, 2.05) is 42.5 Å². The van der Waals surface area contributed by atoms with E-state index in [-0.39, 0.29) is 0 Å². The number of aliphatic imine (C=N–C) groups is 1. The summed E-state index contributed by atoms with van der Waals surface area (Å²) in [5.41, 5.74) is 2.24. The summed E-state index contributed by atoms with van der Waals surface area (Å²) in [5.74, 6) is 2.38. The first kappa shape index (κ1) is 18.4. The van der Waals surface area contributed by atoms with Crippen LogP contribution in [-0.2, 0) is 13.0 Å². The van der Waals surface area contributed by atoms with Crippen molar-refractivity contribution in [1.82, 2.24) is 10.6 Å². The van der Waals surface area contributed by atoms with Gasteiger partial charge in [0.15, 0.2) is 17.5 Å². The summed E-state index contributed by atoms with van der Waals surface area (Å²) < 4.78 is 11.4. The topological polar surface area (TPSA) is 54.9 Å². The lowest BCUT2D eigenvalue weighted by atomic mass is 10.1. The largest absolute Gasteiger partial charge is 0.490 e. The first-order valence-electron chi connectivity index (χ1n) is 8.82. The number of hydrogen-bond donors (Lipinski definition) is 2. The number of guanidine groups is 1. The van der Waals surface area contributed by atoms with Crippen LogP contribution in [0.1, 0.15) is 17.5 Å². The van der Waals surface area contributed by atoms with Crippen molar-refractivity contribution in [3.05, 3.63) is 58.6 Å². The van der Waals surface area contributed by atoms with Crippen LogP contribution < -0.4 is 20.1 Å². The fourth-order valence-corrected chi connectivity index (χ4v) is 2.97. The second kappa shape index (κ2) is 9.34. The highest BCUT2D eigenvalue weighted by molar-refractivity contribution is 6.31. The van der Waals surface area contributed by atoms with E-state index in [1.54, 1.807) is 7.05 Å². The van der Waals surface area contributed by atoms with Gasteiger partial charge in [-0.25, -0.2) is 0 Å². The minimum absolute atomic E-state index is 0.655. The van der Waals surface area contributed by atoms with E-state index in [2.05, 4.69) is 15.6 Å². The van der Waals surface area contributed by atoms with Gasteiger partial charge in [0.05, 0.1) is 13.2 Å². The number of nitrogens with zero attached hydrogens (tertiary/aromatic N) is 1. The number of rotatable bonds is 5. The lowest BCUT2D eigenvalue weighted by molar-refractivity contribution is 0.297. The van der Waals surface area contributed by atoms with Crippen LogP contribution in [0.5, 0.6) is 11.5 Å². The molecule has 0 saturated heterocycles. The third kappa shape index (κ3) is 5.05. The smallest absolute Gasteiger partial charge is 0.191 e. The molecule has 1 heterocycles. The molecule has 2 aromatic carbocycles. The zero-order valence-electron chi connectivity index (χ0n) is 14.9. The van der Waals surface area contributed by atoms with Crippen LogP contribution in [0.25, 0.3) is 0 Å². The molecule has 1 aliphatic rings. The van der Waals surface area contributed by atoms with Gasteiger partial charge >= 0.3 is 0 Å². The Morgan fingerprint density at radius 2 is 1.88 bits per heavy atom. The Morgan fingerprint density at radius 1 is 1.08 bits per heavy atom. The molecule has 26 heavy (non-hydrogen) atoms. The quantitative estimate of drug-likeness (QED) is 0.623. The summed E-state index contributed by atoms with van der Waals surface area (Å²) in [6, 6.07) is 13.9. The first-order valence-corrected chi connectivity index (χ1v) is 9.20. The van der Waals surface area contributed by atoms with Gasteiger partial charge in [0.25, 0.3) is 0 Å². The predicted octanol–water partition coefficient (Wildman–Crippen LogP) is 3.41. The van der Waals surface area contributed by atoms with Gasteiger partial charge in [0, 0.05) is 31.6 Å². The second-order valence-corrected chi connectivity index (χ2v) is 6.43. The monoisotopic (exact) mass is 373 g/mol. The van der Waals surface area contributed by atoms with E-state index >= 15 is 0 Å². The highest BCUT2D eigenvalue weighted by Gasteiger charge is 2.10. The SMILES string of the molecule is CN=C(NCCc1ccccc1Cl)NCc1ccc2c(c1)OCCCO2. The average molecular weight is 374 g/mol. The molecule has 5 nitrogen and oxygen atoms in total. The van der Waals surface area contributed by atoms with Crippen molar-refractivity contribution >= 4 is 17.6 Å². The molecule has 0 bridgehead atoms. The number of fused-ring (bicyclic) bond motifs is 1. The molecule has 1 aliphatic heterocycles. The van der Waals surface area contributed by atoms with Crippen molar-refractivity contribution in [3.8, 4) is 11.5 Å². The molecule has 0 fully saturated rings. The second-order valence-electron chi connectivity index (χ2n) is 6.03. The summed E-state index contributed by atoms with van der Waals surface area (Å²) in [6.45, 7) is 2.80. The molecule has 2 aromatic rings. The van der Waals surface area contributed by atoms with E-state index in [1.165, 1.54) is 0 Å². The van der Waals surface area contributed by atoms with Crippen molar-refractivity contribution in [3.63, 3.8) is 0 Å². The zero-order valence-corrected chi connectivity index (χ0v) is 15.7. The summed E-state index contributed by atoms with van der Waals surface area (Å²) in [6.07, 6.45) is 1.74. The first-order chi connectivity index (χ1) is 12.8. The van der Waals surface area contributed by atoms with E-state index in [4.69, 9.17) is 21.1 Å². The molecule has 138 valence electrons. The van der Waals surface area contributed by atoms with Crippen LogP contribution in [0.2, 0.25) is 5.02 Å². The molecule has 0 saturated carbocycles. The summed E-state index contributed by atoms with van der Waals surface area (Å²) >= 11 is 6.19. The van der Waals surface area contributed by atoms with Gasteiger partial charge in [0.1, 0.15) is 0 Å². The van der Waals surface area contributed by atoms with E-state index in [9.17, 15) is 0 Å². The van der Waals surface area contributed by atoms with E-state index < -0.39 is 0 Å². The molecule has 0 radical (unpaired) electrons. The molecule has 0 spiro atoms. The lowest BCUT2D eigenvalue weighted by Crippen LogP contribution is -2.37. The van der Waals surface area contributed by atoms with Crippen LogP contribution in [0.4, 0.5) is 0 Å². The summed E-state index contributed by atoms with van der Waals surface area (Å²) in [4.78, 5) is 4.26. The summed E-state index contributed by atoms with van der Waals surface area (Å²) in [5, 5.41) is 7.43. The minimum atomic E-state index is 0.655. The highest BCUT2D eigenvalue weighted by atomic mass is 35.5. The number of hydrogen-bond acceptors (Lipinski definition) is 3. The Balaban J connectivity index is 1.50. The highest BCUT2D eigenvalue weighted by Crippen LogP contribution is 2.30. The van der Waals surface area contributed by atoms with E-state index in [0.717, 1.165) is 53.0 Å². The Hall–Kier alpha value is -2.40. The number of ether oxygens (including phenoxy) is 2. The lowest BCUT2D eigenvalue weighted by Gasteiger charge is -2.14. The molecule has 0 atom stereocenters. The van der Waals surface area contributed by atoms with Crippen molar-refractivity contribution in [1.29, 1.82) is 0 Å². The third-order valence-corrected chi connectivity index (χ3v) is 4.51. The van der Waals surface area contributed by atoms with Crippen molar-refractivity contribution < 1.29 is 9.47 Å². The van der Waals surface area contributed by atoms with Gasteiger partial charge in [-0.3, -0.25) is 4.99 Å². The molecule has 3 rings (SSSR count). The molecular formula is C20H24ClN3O2. The van der Waals surface area contributed by atoms with Crippen molar-refractivity contribution in [2.45, 2.75) is 19.4 Å². The molecule has 0 aliphatic carbocycles. The molecule has 0 aromatic heterocycles. The van der Waals surface area contributed by atoms with Gasteiger partial charge in [-0.15, -0.1) is 0 Å². The molecule has 2 N–H and O–H groups in total. The maximum absolute atomic E-state index is 6.19. The van der Waals surface area contributed by atoms with Gasteiger partial charge in [-0.05, 0) is 35.7 Å².